The van der Waals surface area contributed by atoms with Crippen LogP contribution in [0.3, 0.4) is 0 Å². The number of ketones is 1. The fourth-order valence-corrected chi connectivity index (χ4v) is 4.87. The number of aryl methyl sites for hydroxylation is 1. The number of carbonyl (C=O) groups is 1. The number of nitrogens with one attached hydrogen (secondary N) is 1. The fraction of sp³-hybridized carbons (Fsp3) is 0.217. The van der Waals surface area contributed by atoms with Crippen molar-refractivity contribution in [2.45, 2.75) is 31.6 Å². The number of rotatable bonds is 2. The maximum Gasteiger partial charge on any atom is 0.233 e. The Hall–Kier alpha value is -2.66. The number of hydrogen-bond donors (Lipinski definition) is 1. The normalized spacial score (nSPS) is 21.1. The zero-order valence-corrected chi connectivity index (χ0v) is 17.0. The van der Waals surface area contributed by atoms with E-state index >= 15 is 0 Å². The first kappa shape index (κ1) is 17.4. The summed E-state index contributed by atoms with van der Waals surface area (Å²) in [4.78, 5) is 13.4. The van der Waals surface area contributed by atoms with Gasteiger partial charge in [-0.15, -0.1) is 0 Å². The summed E-state index contributed by atoms with van der Waals surface area (Å²) < 4.78 is 6.57. The third kappa shape index (κ3) is 2.81. The van der Waals surface area contributed by atoms with Crippen LogP contribution >= 0.6 is 15.9 Å². The molecule has 1 aliphatic carbocycles. The highest BCUT2D eigenvalue weighted by atomic mass is 79.9. The highest BCUT2D eigenvalue weighted by molar-refractivity contribution is 9.10. The smallest absolute Gasteiger partial charge is 0.233 e. The number of aromatic nitrogens is 1. The third-order valence-electron chi connectivity index (χ3n) is 5.71. The molecule has 4 nitrogen and oxygen atoms in total. The lowest BCUT2D eigenvalue weighted by Gasteiger charge is -2.34. The molecule has 0 unspecified atom stereocenters. The van der Waals surface area contributed by atoms with Gasteiger partial charge in [-0.2, -0.15) is 0 Å². The van der Waals surface area contributed by atoms with E-state index in [0.29, 0.717) is 12.3 Å². The second-order valence-corrected chi connectivity index (χ2v) is 8.37. The zero-order chi connectivity index (χ0) is 19.3. The van der Waals surface area contributed by atoms with Crippen LogP contribution < -0.4 is 5.32 Å². The van der Waals surface area contributed by atoms with Crippen molar-refractivity contribution in [3.05, 3.63) is 92.7 Å². The Labute approximate surface area is 171 Å². The summed E-state index contributed by atoms with van der Waals surface area (Å²) in [6, 6.07) is 18.4. The number of fused-ring (bicyclic) bond motifs is 1. The number of halogens is 1. The number of benzene rings is 2. The molecule has 0 spiro atoms. The molecule has 28 heavy (non-hydrogen) atoms. The fourth-order valence-electron chi connectivity index (χ4n) is 4.45. The van der Waals surface area contributed by atoms with Crippen LogP contribution in [0.2, 0.25) is 0 Å². The van der Waals surface area contributed by atoms with Crippen LogP contribution in [0.5, 0.6) is 0 Å². The quantitative estimate of drug-likeness (QED) is 0.561. The summed E-state index contributed by atoms with van der Waals surface area (Å²) in [5, 5.41) is 7.55. The van der Waals surface area contributed by atoms with Crippen LogP contribution in [-0.4, -0.2) is 10.9 Å². The van der Waals surface area contributed by atoms with E-state index in [0.717, 1.165) is 39.0 Å². The molecule has 1 aromatic heterocycles. The maximum atomic E-state index is 13.4. The second-order valence-electron chi connectivity index (χ2n) is 7.46. The molecule has 1 aliphatic heterocycles. The number of allylic oxidation sites excluding steroid dienone is 2. The van der Waals surface area contributed by atoms with E-state index in [1.54, 1.807) is 0 Å². The van der Waals surface area contributed by atoms with Crippen molar-refractivity contribution in [2.24, 2.45) is 0 Å². The zero-order valence-electron chi connectivity index (χ0n) is 15.4. The number of Topliss-reactive ketones (excluding diaryl/α,β-unsaturated/α-hetero) is 1. The summed E-state index contributed by atoms with van der Waals surface area (Å²) >= 11 is 3.57. The Bertz CT molecular complexity index is 1100. The van der Waals surface area contributed by atoms with E-state index in [2.05, 4.69) is 50.7 Å². The minimum atomic E-state index is -0.153. The first-order valence-corrected chi connectivity index (χ1v) is 10.2. The van der Waals surface area contributed by atoms with Gasteiger partial charge in [0.05, 0.1) is 11.3 Å². The second kappa shape index (κ2) is 6.74. The van der Waals surface area contributed by atoms with Crippen LogP contribution in [0.1, 0.15) is 47.1 Å². The largest absolute Gasteiger partial charge is 0.338 e. The van der Waals surface area contributed by atoms with Gasteiger partial charge < -0.3 is 9.84 Å². The van der Waals surface area contributed by atoms with E-state index in [1.807, 2.05) is 37.3 Å². The monoisotopic (exact) mass is 434 g/mol. The Balaban J connectivity index is 1.64. The van der Waals surface area contributed by atoms with E-state index in [1.165, 1.54) is 5.56 Å². The molecule has 5 heteroatoms. The van der Waals surface area contributed by atoms with Gasteiger partial charge in [-0.05, 0) is 42.5 Å². The average molecular weight is 435 g/mol. The topological polar surface area (TPSA) is 55.1 Å². The number of carbonyl (C=O) groups excluding carboxylic acids is 1. The maximum absolute atomic E-state index is 13.4. The molecule has 3 aromatic rings. The van der Waals surface area contributed by atoms with Gasteiger partial charge in [0.2, 0.25) is 5.88 Å². The Kier molecular flexibility index (Phi) is 4.20. The Morgan fingerprint density at radius 3 is 2.64 bits per heavy atom. The van der Waals surface area contributed by atoms with Crippen molar-refractivity contribution in [3.8, 4) is 0 Å². The molecular formula is C23H19BrN2O2. The van der Waals surface area contributed by atoms with E-state index in [9.17, 15) is 4.79 Å². The SMILES string of the molecule is Cc1noc2c1[C@@H](c1cccc(Br)c1)C1=C(C[C@H](c3ccccc3)CC1=O)N2. The molecule has 0 radical (unpaired) electrons. The van der Waals surface area contributed by atoms with Gasteiger partial charge in [0.15, 0.2) is 5.78 Å². The van der Waals surface area contributed by atoms with Gasteiger partial charge in [-0.3, -0.25) is 4.79 Å². The van der Waals surface area contributed by atoms with E-state index in [-0.39, 0.29) is 17.6 Å². The molecule has 2 aliphatic rings. The highest BCUT2D eigenvalue weighted by Gasteiger charge is 2.41. The van der Waals surface area contributed by atoms with Crippen LogP contribution in [0, 0.1) is 6.92 Å². The van der Waals surface area contributed by atoms with Crippen molar-refractivity contribution in [1.82, 2.24) is 5.16 Å². The lowest BCUT2D eigenvalue weighted by Crippen LogP contribution is -2.29. The van der Waals surface area contributed by atoms with Crippen molar-refractivity contribution < 1.29 is 9.32 Å². The molecule has 0 saturated carbocycles. The Morgan fingerprint density at radius 2 is 1.86 bits per heavy atom. The van der Waals surface area contributed by atoms with Crippen LogP contribution in [0.25, 0.3) is 0 Å². The summed E-state index contributed by atoms with van der Waals surface area (Å²) in [5.41, 5.74) is 5.85. The first-order chi connectivity index (χ1) is 13.6. The van der Waals surface area contributed by atoms with Crippen molar-refractivity contribution in [1.29, 1.82) is 0 Å². The van der Waals surface area contributed by atoms with Crippen LogP contribution in [-0.2, 0) is 4.79 Å². The molecule has 2 heterocycles. The van der Waals surface area contributed by atoms with Gasteiger partial charge in [-0.1, -0.05) is 63.6 Å². The molecule has 140 valence electrons. The van der Waals surface area contributed by atoms with Gasteiger partial charge >= 0.3 is 0 Å². The van der Waals surface area contributed by atoms with E-state index in [4.69, 9.17) is 4.52 Å². The standard InChI is InChI=1S/C23H19BrN2O2/c1-13-20-21(15-8-5-9-17(24)10-15)22-18(25-23(20)28-26-13)11-16(12-19(22)27)14-6-3-2-4-7-14/h2-10,16,21,25H,11-12H2,1H3/t16-,21+/m0/s1. The van der Waals surface area contributed by atoms with Crippen molar-refractivity contribution >= 4 is 27.6 Å². The van der Waals surface area contributed by atoms with Gasteiger partial charge in [0.1, 0.15) is 0 Å². The third-order valence-corrected chi connectivity index (χ3v) is 6.20. The average Bonchev–Trinajstić information content (AvgIpc) is 3.07. The number of hydrogen-bond acceptors (Lipinski definition) is 4. The lowest BCUT2D eigenvalue weighted by atomic mass is 9.72. The summed E-state index contributed by atoms with van der Waals surface area (Å²) in [6.45, 7) is 1.93. The van der Waals surface area contributed by atoms with Crippen LogP contribution in [0.4, 0.5) is 5.88 Å². The molecule has 2 atom stereocenters. The van der Waals surface area contributed by atoms with E-state index < -0.39 is 0 Å². The van der Waals surface area contributed by atoms with Gasteiger partial charge in [0.25, 0.3) is 0 Å². The number of nitrogens with zero attached hydrogens (tertiary/aromatic N) is 1. The minimum absolute atomic E-state index is 0.153. The predicted molar refractivity (Wildman–Crippen MR) is 111 cm³/mol. The summed E-state index contributed by atoms with van der Waals surface area (Å²) in [6.07, 6.45) is 1.31. The minimum Gasteiger partial charge on any atom is -0.338 e. The summed E-state index contributed by atoms with van der Waals surface area (Å²) in [5.74, 6) is 0.870. The molecule has 5 rings (SSSR count). The van der Waals surface area contributed by atoms with Crippen molar-refractivity contribution in [2.75, 3.05) is 5.32 Å². The van der Waals surface area contributed by atoms with Crippen molar-refractivity contribution in [3.63, 3.8) is 0 Å². The molecule has 2 aromatic carbocycles. The molecular weight excluding hydrogens is 416 g/mol. The number of anilines is 1. The predicted octanol–water partition coefficient (Wildman–Crippen LogP) is 5.70. The van der Waals surface area contributed by atoms with Gasteiger partial charge in [0, 0.05) is 28.1 Å². The Morgan fingerprint density at radius 1 is 1.07 bits per heavy atom. The highest BCUT2D eigenvalue weighted by Crippen LogP contribution is 2.49. The molecule has 0 amide bonds. The molecule has 0 fully saturated rings. The molecule has 1 N–H and O–H groups in total. The van der Waals surface area contributed by atoms with Crippen LogP contribution in [0.15, 0.2) is 74.9 Å². The molecule has 0 saturated heterocycles. The summed E-state index contributed by atoms with van der Waals surface area (Å²) in [7, 11) is 0. The lowest BCUT2D eigenvalue weighted by molar-refractivity contribution is -0.116. The van der Waals surface area contributed by atoms with Gasteiger partial charge in [-0.25, -0.2) is 0 Å². The first-order valence-electron chi connectivity index (χ1n) is 9.41. The molecule has 0 bridgehead atoms.